The summed E-state index contributed by atoms with van der Waals surface area (Å²) in [6.45, 7) is 9.10. The van der Waals surface area contributed by atoms with Crippen molar-refractivity contribution in [1.82, 2.24) is 19.1 Å². The van der Waals surface area contributed by atoms with E-state index in [9.17, 15) is 0 Å². The maximum atomic E-state index is 16.0. The van der Waals surface area contributed by atoms with E-state index in [0.29, 0.717) is 0 Å². The number of hydrogen-bond acceptors (Lipinski definition) is 4. The fourth-order valence-corrected chi connectivity index (χ4v) is 16.8. The van der Waals surface area contributed by atoms with Crippen molar-refractivity contribution in [2.45, 2.75) is 38.5 Å². The number of rotatable bonds is 4. The summed E-state index contributed by atoms with van der Waals surface area (Å²) in [7, 11) is 0. The highest BCUT2D eigenvalue weighted by molar-refractivity contribution is 7.00. The van der Waals surface area contributed by atoms with E-state index in [-0.39, 0.29) is 18.3 Å². The smallest absolute Gasteiger partial charge is 0.252 e. The number of aromatic nitrogens is 4. The number of benzene rings is 12. The van der Waals surface area contributed by atoms with Gasteiger partial charge in [0.05, 0.1) is 33.4 Å². The van der Waals surface area contributed by atoms with Crippen LogP contribution in [0, 0.1) is 11.6 Å². The second-order valence-corrected chi connectivity index (χ2v) is 27.7. The van der Waals surface area contributed by atoms with Gasteiger partial charge in [0.25, 0.3) is 6.71 Å². The summed E-state index contributed by atoms with van der Waals surface area (Å²) in [5.41, 5.74) is 28.3. The molecule has 16 aromatic rings. The molecule has 0 saturated carbocycles. The summed E-state index contributed by atoms with van der Waals surface area (Å²) in [5, 5.41) is 4.01. The molecule has 20 rings (SSSR count). The summed E-state index contributed by atoms with van der Waals surface area (Å²) >= 11 is 0. The van der Waals surface area contributed by atoms with Gasteiger partial charge in [-0.25, -0.2) is 8.78 Å². The lowest BCUT2D eigenvalue weighted by atomic mass is 9.33. The van der Waals surface area contributed by atoms with Gasteiger partial charge in [-0.15, -0.1) is 0 Å². The highest BCUT2D eigenvalue weighted by atomic mass is 19.1. The topological polar surface area (TPSA) is 42.1 Å². The van der Waals surface area contributed by atoms with E-state index in [0.717, 1.165) is 161 Å². The minimum atomic E-state index is -0.506. The minimum absolute atomic E-state index is 0.304. The van der Waals surface area contributed by atoms with Gasteiger partial charge in [-0.05, 0) is 157 Å². The Labute approximate surface area is 560 Å². The van der Waals surface area contributed by atoms with Crippen LogP contribution < -0.4 is 26.2 Å². The number of hydrogen-bond donors (Lipinski definition) is 0. The Morgan fingerprint density at radius 3 is 1.16 bits per heavy atom. The number of fused-ring (bicyclic) bond motifs is 24. The summed E-state index contributed by atoms with van der Waals surface area (Å²) in [4.78, 5) is 15.6. The quantitative estimate of drug-likeness (QED) is 0.165. The molecule has 0 radical (unpaired) electrons. The molecule has 97 heavy (non-hydrogen) atoms. The van der Waals surface area contributed by atoms with Crippen LogP contribution in [0.5, 0.6) is 0 Å². The molecular weight excluding hydrogens is 1190 g/mol. The van der Waals surface area contributed by atoms with Crippen molar-refractivity contribution in [2.24, 2.45) is 0 Å². The van der Waals surface area contributed by atoms with Crippen LogP contribution in [-0.2, 0) is 10.8 Å². The average Bonchev–Trinajstić information content (AvgIpc) is 1.34. The van der Waals surface area contributed by atoms with E-state index in [1.807, 2.05) is 24.5 Å². The fourth-order valence-electron chi connectivity index (χ4n) is 16.8. The van der Waals surface area contributed by atoms with Gasteiger partial charge in [0, 0.05) is 114 Å². The van der Waals surface area contributed by atoms with Crippen molar-refractivity contribution in [2.75, 3.05) is 9.80 Å². The Bertz CT molecular complexity index is 5720. The molecular formula is C88H59BF2N6. The molecule has 0 spiro atoms. The largest absolute Gasteiger partial charge is 0.310 e. The predicted molar refractivity (Wildman–Crippen MR) is 396 cm³/mol. The van der Waals surface area contributed by atoms with Gasteiger partial charge in [-0.2, -0.15) is 0 Å². The molecule has 12 aromatic carbocycles. The Balaban J connectivity index is 1.01. The normalized spacial score (nSPS) is 14.2. The van der Waals surface area contributed by atoms with Crippen molar-refractivity contribution < 1.29 is 8.78 Å². The van der Waals surface area contributed by atoms with Crippen LogP contribution in [0.1, 0.15) is 49.9 Å². The Morgan fingerprint density at radius 1 is 0.309 bits per heavy atom. The molecule has 0 saturated heterocycles. The Hall–Kier alpha value is -11.9. The fraction of sp³-hybridized carbons (Fsp3) is 0.0682. The van der Waals surface area contributed by atoms with E-state index in [1.54, 1.807) is 24.3 Å². The van der Waals surface area contributed by atoms with Crippen LogP contribution in [0.3, 0.4) is 0 Å². The summed E-state index contributed by atoms with van der Waals surface area (Å²) in [6, 6.07) is 93.0. The third-order valence-corrected chi connectivity index (χ3v) is 21.8. The van der Waals surface area contributed by atoms with Crippen LogP contribution in [-0.4, -0.2) is 25.8 Å². The first-order valence-electron chi connectivity index (χ1n) is 33.3. The second kappa shape index (κ2) is 20.3. The van der Waals surface area contributed by atoms with Crippen LogP contribution in [0.4, 0.5) is 42.9 Å². The Morgan fingerprint density at radius 2 is 0.701 bits per heavy atom. The zero-order valence-corrected chi connectivity index (χ0v) is 53.7. The molecule has 0 aliphatic carbocycles. The third-order valence-electron chi connectivity index (χ3n) is 21.8. The lowest BCUT2D eigenvalue weighted by Crippen LogP contribution is -2.61. The highest BCUT2D eigenvalue weighted by Gasteiger charge is 2.47. The SMILES string of the molecule is CC1(C)c2cccc(c2)-c2cncc(-c3ccccc3)c2N2c3cc(-n4c5ccccc5c5ccc(F)cc54)ccc3B3c4ccc(-n5c6ccccc6c6ccc(F)cc65)cc4N4c5cc(cc2c53)-c2cc1cc(c2)C(C)(C)c1cccc(c1)-c1cncc(-c2ccccc2)c14. The second-order valence-electron chi connectivity index (χ2n) is 27.7. The van der Waals surface area contributed by atoms with E-state index >= 15 is 8.78 Å². The number of para-hydroxylation sites is 2. The molecule has 0 N–H and O–H groups in total. The molecule has 4 aliphatic heterocycles. The van der Waals surface area contributed by atoms with E-state index in [1.165, 1.54) is 22.3 Å². The number of nitrogens with zero attached hydrogens (tertiary/aromatic N) is 6. The highest BCUT2D eigenvalue weighted by Crippen LogP contribution is 2.56. The molecule has 4 aromatic heterocycles. The van der Waals surface area contributed by atoms with Crippen molar-refractivity contribution >= 4 is 101 Å². The molecule has 458 valence electrons. The van der Waals surface area contributed by atoms with Crippen molar-refractivity contribution in [3.63, 3.8) is 0 Å². The van der Waals surface area contributed by atoms with Crippen molar-refractivity contribution in [3.05, 3.63) is 320 Å². The first-order chi connectivity index (χ1) is 47.4. The lowest BCUT2D eigenvalue weighted by Gasteiger charge is -2.46. The van der Waals surface area contributed by atoms with Crippen molar-refractivity contribution in [1.29, 1.82) is 0 Å². The van der Waals surface area contributed by atoms with Gasteiger partial charge in [0.2, 0.25) is 0 Å². The van der Waals surface area contributed by atoms with Gasteiger partial charge in [0.15, 0.2) is 0 Å². The third kappa shape index (κ3) is 8.00. The first-order valence-corrected chi connectivity index (χ1v) is 33.3. The molecule has 6 nitrogen and oxygen atoms in total. The molecule has 0 amide bonds. The molecule has 4 aliphatic rings. The van der Waals surface area contributed by atoms with Gasteiger partial charge in [0.1, 0.15) is 11.6 Å². The monoisotopic (exact) mass is 1250 g/mol. The molecule has 0 fully saturated rings. The minimum Gasteiger partial charge on any atom is -0.310 e. The average molecular weight is 1250 g/mol. The maximum absolute atomic E-state index is 16.0. The summed E-state index contributed by atoms with van der Waals surface area (Å²) in [5.74, 6) is -0.608. The summed E-state index contributed by atoms with van der Waals surface area (Å²) in [6.07, 6.45) is 8.21. The molecule has 9 heteroatoms. The van der Waals surface area contributed by atoms with E-state index in [2.05, 4.69) is 283 Å². The van der Waals surface area contributed by atoms with Crippen LogP contribution in [0.15, 0.2) is 286 Å². The molecule has 8 heterocycles. The summed E-state index contributed by atoms with van der Waals surface area (Å²) < 4.78 is 36.6. The van der Waals surface area contributed by atoms with Crippen LogP contribution >= 0.6 is 0 Å². The lowest BCUT2D eigenvalue weighted by molar-refractivity contribution is 0.618. The zero-order valence-electron chi connectivity index (χ0n) is 53.7. The van der Waals surface area contributed by atoms with Crippen LogP contribution in [0.2, 0.25) is 0 Å². The number of pyridine rings is 2. The van der Waals surface area contributed by atoms with Crippen LogP contribution in [0.25, 0.3) is 111 Å². The number of halogens is 2. The van der Waals surface area contributed by atoms with Gasteiger partial charge in [-0.3, -0.25) is 9.97 Å². The van der Waals surface area contributed by atoms with Crippen molar-refractivity contribution in [3.8, 4) is 67.0 Å². The number of anilines is 6. The standard InChI is InChI=1S/C88H59BF2N6/c1-87(2)58-23-15-21-54(37-58)72-50-92-48-70(52-17-7-5-8-18-52)85(72)96-80-46-64(94-76-27-13-11-25-66(76)68-33-29-62(90)44-78(68)94)31-35-74(80)89-75-36-32-65(95-77-28-14-12-26-67(77)69-34-30-63(91)45-79(69)95)47-81(75)97-83-42-57(41-82(96)84(83)89)56-39-60(87)43-61(40-56)88(3,4)59-24-16-22-55(38-59)73-51-93-49-71(86(73)97)53-19-9-6-10-20-53/h5-51H,1-4H3. The first kappa shape index (κ1) is 55.5. The van der Waals surface area contributed by atoms with Gasteiger partial charge < -0.3 is 18.9 Å². The zero-order chi connectivity index (χ0) is 64.7. The van der Waals surface area contributed by atoms with E-state index in [4.69, 9.17) is 9.97 Å². The maximum Gasteiger partial charge on any atom is 0.252 e. The molecule has 0 unspecified atom stereocenters. The molecule has 10 bridgehead atoms. The van der Waals surface area contributed by atoms with Gasteiger partial charge in [-0.1, -0.05) is 204 Å². The Kier molecular flexibility index (Phi) is 11.6. The predicted octanol–water partition coefficient (Wildman–Crippen LogP) is 20.6. The van der Waals surface area contributed by atoms with Gasteiger partial charge >= 0.3 is 0 Å². The van der Waals surface area contributed by atoms with E-state index < -0.39 is 10.8 Å². The molecule has 0 atom stereocenters.